The number of hydrogen-bond acceptors (Lipinski definition) is 6. The molecule has 8 nitrogen and oxygen atoms in total. The van der Waals surface area contributed by atoms with Gasteiger partial charge in [-0.3, -0.25) is 5.41 Å². The molecule has 8 heteroatoms. The molecule has 0 fully saturated rings. The van der Waals surface area contributed by atoms with Crippen LogP contribution in [0.25, 0.3) is 5.69 Å². The molecule has 3 aromatic rings. The summed E-state index contributed by atoms with van der Waals surface area (Å²) in [5, 5.41) is 24.1. The van der Waals surface area contributed by atoms with Crippen LogP contribution in [-0.4, -0.2) is 25.8 Å². The van der Waals surface area contributed by atoms with E-state index in [0.717, 1.165) is 0 Å². The van der Waals surface area contributed by atoms with Crippen LogP contribution < -0.4 is 16.5 Å². The van der Waals surface area contributed by atoms with Gasteiger partial charge in [-0.15, -0.1) is 5.10 Å². The highest BCUT2D eigenvalue weighted by molar-refractivity contribution is 5.88. The Balaban J connectivity index is 1.96. The second kappa shape index (κ2) is 6.21. The SMILES string of the molecule is N=c1c(N)nc(Nc2ccc(C(=O)O)cc2)nn1-c1ccccc1. The molecule has 120 valence electrons. The number of carbonyl (C=O) groups is 1. The molecule has 0 bridgehead atoms. The van der Waals surface area contributed by atoms with E-state index in [-0.39, 0.29) is 22.8 Å². The highest BCUT2D eigenvalue weighted by atomic mass is 16.4. The summed E-state index contributed by atoms with van der Waals surface area (Å²) in [6.07, 6.45) is 0. The van der Waals surface area contributed by atoms with Crippen molar-refractivity contribution in [2.45, 2.75) is 0 Å². The summed E-state index contributed by atoms with van der Waals surface area (Å²) < 4.78 is 1.37. The average molecular weight is 322 g/mol. The minimum atomic E-state index is -0.998. The number of carboxylic acid groups (broad SMARTS) is 1. The van der Waals surface area contributed by atoms with Crippen molar-refractivity contribution in [3.63, 3.8) is 0 Å². The first-order valence-electron chi connectivity index (χ1n) is 7.02. The lowest BCUT2D eigenvalue weighted by atomic mass is 10.2. The predicted octanol–water partition coefficient (Wildman–Crippen LogP) is 1.77. The minimum Gasteiger partial charge on any atom is -0.478 e. The van der Waals surface area contributed by atoms with Gasteiger partial charge in [0, 0.05) is 5.69 Å². The Labute approximate surface area is 136 Å². The molecule has 0 unspecified atom stereocenters. The van der Waals surface area contributed by atoms with Crippen molar-refractivity contribution in [2.24, 2.45) is 0 Å². The van der Waals surface area contributed by atoms with Crippen LogP contribution in [0.3, 0.4) is 0 Å². The number of para-hydroxylation sites is 1. The number of rotatable bonds is 4. The van der Waals surface area contributed by atoms with Crippen LogP contribution >= 0.6 is 0 Å². The molecule has 24 heavy (non-hydrogen) atoms. The number of nitrogens with two attached hydrogens (primary N) is 1. The summed E-state index contributed by atoms with van der Waals surface area (Å²) in [6, 6.07) is 15.3. The molecule has 1 aromatic heterocycles. The van der Waals surface area contributed by atoms with Gasteiger partial charge in [-0.25, -0.2) is 9.48 Å². The topological polar surface area (TPSA) is 130 Å². The van der Waals surface area contributed by atoms with Gasteiger partial charge in [0.25, 0.3) is 0 Å². The van der Waals surface area contributed by atoms with E-state index in [1.807, 2.05) is 18.2 Å². The molecule has 2 aromatic carbocycles. The Hall–Kier alpha value is -3.68. The van der Waals surface area contributed by atoms with Gasteiger partial charge in [-0.05, 0) is 36.4 Å². The van der Waals surface area contributed by atoms with Crippen LogP contribution in [0, 0.1) is 5.41 Å². The van der Waals surface area contributed by atoms with Crippen LogP contribution in [0.15, 0.2) is 54.6 Å². The minimum absolute atomic E-state index is 0.0204. The molecule has 0 aliphatic heterocycles. The maximum atomic E-state index is 10.9. The number of benzene rings is 2. The third-order valence-electron chi connectivity index (χ3n) is 3.26. The molecule has 0 aliphatic carbocycles. The third-order valence-corrected chi connectivity index (χ3v) is 3.26. The van der Waals surface area contributed by atoms with E-state index in [2.05, 4.69) is 15.4 Å². The molecule has 0 aliphatic rings. The fourth-order valence-electron chi connectivity index (χ4n) is 2.08. The number of aromatic nitrogens is 3. The quantitative estimate of drug-likeness (QED) is 0.579. The highest BCUT2D eigenvalue weighted by Gasteiger charge is 2.08. The number of nitrogen functional groups attached to an aromatic ring is 1. The van der Waals surface area contributed by atoms with E-state index in [1.165, 1.54) is 16.8 Å². The van der Waals surface area contributed by atoms with Gasteiger partial charge < -0.3 is 16.2 Å². The van der Waals surface area contributed by atoms with Gasteiger partial charge in [0.05, 0.1) is 11.3 Å². The van der Waals surface area contributed by atoms with Crippen molar-refractivity contribution in [1.82, 2.24) is 14.8 Å². The van der Waals surface area contributed by atoms with Crippen LogP contribution in [0.1, 0.15) is 10.4 Å². The first kappa shape index (κ1) is 15.2. The molecule has 0 amide bonds. The normalized spacial score (nSPS) is 10.3. The van der Waals surface area contributed by atoms with Crippen molar-refractivity contribution < 1.29 is 9.90 Å². The highest BCUT2D eigenvalue weighted by Crippen LogP contribution is 2.14. The van der Waals surface area contributed by atoms with E-state index >= 15 is 0 Å². The zero-order valence-electron chi connectivity index (χ0n) is 12.5. The van der Waals surface area contributed by atoms with Crippen molar-refractivity contribution >= 4 is 23.4 Å². The van der Waals surface area contributed by atoms with Gasteiger partial charge in [-0.2, -0.15) is 4.98 Å². The molecule has 5 N–H and O–H groups in total. The third kappa shape index (κ3) is 3.07. The largest absolute Gasteiger partial charge is 0.478 e. The maximum Gasteiger partial charge on any atom is 0.335 e. The van der Waals surface area contributed by atoms with E-state index < -0.39 is 5.97 Å². The first-order chi connectivity index (χ1) is 11.5. The lowest BCUT2D eigenvalue weighted by Gasteiger charge is -2.10. The fraction of sp³-hybridized carbons (Fsp3) is 0. The summed E-state index contributed by atoms with van der Waals surface area (Å²) in [5.74, 6) is -0.767. The van der Waals surface area contributed by atoms with Crippen molar-refractivity contribution in [3.05, 3.63) is 65.6 Å². The molecule has 0 atom stereocenters. The van der Waals surface area contributed by atoms with E-state index in [9.17, 15) is 4.79 Å². The Morgan fingerprint density at radius 2 is 1.79 bits per heavy atom. The predicted molar refractivity (Wildman–Crippen MR) is 88.3 cm³/mol. The average Bonchev–Trinajstić information content (AvgIpc) is 2.59. The standard InChI is InChI=1S/C16H14N6O2/c17-13-14(18)22(12-4-2-1-3-5-12)21-16(20-13)19-11-8-6-10(7-9-11)15(23)24/h1-9,18H,(H,23,24)(H3,17,19,20,21). The summed E-state index contributed by atoms with van der Waals surface area (Å²) >= 11 is 0. The van der Waals surface area contributed by atoms with Crippen LogP contribution in [0.4, 0.5) is 17.5 Å². The van der Waals surface area contributed by atoms with Gasteiger partial charge >= 0.3 is 5.97 Å². The summed E-state index contributed by atoms with van der Waals surface area (Å²) in [4.78, 5) is 14.9. The zero-order valence-corrected chi connectivity index (χ0v) is 12.5. The Morgan fingerprint density at radius 3 is 2.42 bits per heavy atom. The molecule has 0 saturated carbocycles. The Morgan fingerprint density at radius 1 is 1.12 bits per heavy atom. The number of nitrogens with zero attached hydrogens (tertiary/aromatic N) is 3. The molecular formula is C16H14N6O2. The second-order valence-electron chi connectivity index (χ2n) is 4.92. The van der Waals surface area contributed by atoms with Crippen molar-refractivity contribution in [2.75, 3.05) is 11.1 Å². The molecule has 0 spiro atoms. The summed E-state index contributed by atoms with van der Waals surface area (Å²) in [7, 11) is 0. The summed E-state index contributed by atoms with van der Waals surface area (Å²) in [5.41, 5.74) is 7.25. The number of carboxylic acids is 1. The Kier molecular flexibility index (Phi) is 3.94. The van der Waals surface area contributed by atoms with Crippen LogP contribution in [-0.2, 0) is 0 Å². The Bertz CT molecular complexity index is 935. The molecule has 1 heterocycles. The second-order valence-corrected chi connectivity index (χ2v) is 4.92. The molecule has 0 radical (unpaired) electrons. The number of hydrogen-bond donors (Lipinski definition) is 4. The van der Waals surface area contributed by atoms with Gasteiger partial charge in [-0.1, -0.05) is 18.2 Å². The number of anilines is 3. The van der Waals surface area contributed by atoms with Crippen molar-refractivity contribution in [1.29, 1.82) is 5.41 Å². The van der Waals surface area contributed by atoms with E-state index in [0.29, 0.717) is 11.4 Å². The van der Waals surface area contributed by atoms with Gasteiger partial charge in [0.15, 0.2) is 11.3 Å². The lowest BCUT2D eigenvalue weighted by molar-refractivity contribution is 0.0697. The fourth-order valence-corrected chi connectivity index (χ4v) is 2.08. The number of aromatic carboxylic acids is 1. The van der Waals surface area contributed by atoms with Crippen molar-refractivity contribution in [3.8, 4) is 5.69 Å². The van der Waals surface area contributed by atoms with Gasteiger partial charge in [0.2, 0.25) is 5.95 Å². The smallest absolute Gasteiger partial charge is 0.335 e. The monoisotopic (exact) mass is 322 g/mol. The lowest BCUT2D eigenvalue weighted by Crippen LogP contribution is -2.26. The first-order valence-corrected chi connectivity index (χ1v) is 7.02. The summed E-state index contributed by atoms with van der Waals surface area (Å²) in [6.45, 7) is 0. The van der Waals surface area contributed by atoms with Crippen LogP contribution in [0.2, 0.25) is 0 Å². The molecular weight excluding hydrogens is 308 g/mol. The molecule has 0 saturated heterocycles. The van der Waals surface area contributed by atoms with Gasteiger partial charge in [0.1, 0.15) is 0 Å². The van der Waals surface area contributed by atoms with E-state index in [4.69, 9.17) is 16.2 Å². The van der Waals surface area contributed by atoms with Crippen LogP contribution in [0.5, 0.6) is 0 Å². The van der Waals surface area contributed by atoms with E-state index in [1.54, 1.807) is 24.3 Å². The number of nitrogens with one attached hydrogen (secondary N) is 2. The molecule has 3 rings (SSSR count). The zero-order chi connectivity index (χ0) is 17.1. The maximum absolute atomic E-state index is 10.9.